The summed E-state index contributed by atoms with van der Waals surface area (Å²) < 4.78 is 0. The van der Waals surface area contributed by atoms with Gasteiger partial charge in [0, 0.05) is 57.7 Å². The van der Waals surface area contributed by atoms with Gasteiger partial charge in [-0.1, -0.05) is 12.1 Å². The third-order valence-corrected chi connectivity index (χ3v) is 7.05. The second kappa shape index (κ2) is 11.1. The molecule has 6 nitrogen and oxygen atoms in total. The second-order valence-electron chi connectivity index (χ2n) is 9.30. The molecule has 3 aliphatic rings. The summed E-state index contributed by atoms with van der Waals surface area (Å²) in [4.78, 5) is 27.0. The monoisotopic (exact) mass is 425 g/mol. The summed E-state index contributed by atoms with van der Waals surface area (Å²) in [5, 5.41) is 0. The number of allylic oxidation sites excluding steroid dienone is 2. The Morgan fingerprint density at radius 1 is 1.10 bits per heavy atom. The first-order valence-corrected chi connectivity index (χ1v) is 12.3. The summed E-state index contributed by atoms with van der Waals surface area (Å²) in [5.74, 6) is 2.06. The predicted octanol–water partition coefficient (Wildman–Crippen LogP) is 3.22. The van der Waals surface area contributed by atoms with Gasteiger partial charge in [-0.3, -0.25) is 14.6 Å². The fourth-order valence-corrected chi connectivity index (χ4v) is 5.39. The molecule has 1 amide bonds. The maximum atomic E-state index is 13.0. The summed E-state index contributed by atoms with van der Waals surface area (Å²) in [5.41, 5.74) is 1.26. The van der Waals surface area contributed by atoms with E-state index in [4.69, 9.17) is 0 Å². The van der Waals surface area contributed by atoms with Crippen molar-refractivity contribution in [2.24, 2.45) is 5.92 Å². The molecule has 1 aromatic rings. The summed E-state index contributed by atoms with van der Waals surface area (Å²) in [6.07, 6.45) is 11.3. The molecular formula is C25H39N5O. The van der Waals surface area contributed by atoms with Gasteiger partial charge in [-0.2, -0.15) is 0 Å². The number of piperazine rings is 1. The van der Waals surface area contributed by atoms with Gasteiger partial charge in [-0.25, -0.2) is 4.98 Å². The molecular weight excluding hydrogens is 386 g/mol. The molecule has 1 aromatic heterocycles. The van der Waals surface area contributed by atoms with Gasteiger partial charge in [-0.15, -0.1) is 0 Å². The molecule has 2 fully saturated rings. The molecule has 1 atom stereocenters. The molecule has 170 valence electrons. The molecule has 1 aliphatic carbocycles. The van der Waals surface area contributed by atoms with Crippen LogP contribution < -0.4 is 4.90 Å². The standard InChI is InChI=1S/C25H39N5O/c1-2-30(23-10-4-3-5-11-23)25(31)21-28-14-8-9-22(20-28)19-27-15-17-29(18-16-27)24-12-6-7-13-26-24/h6-7,10,12-13,22H,2-5,8-9,11,14-21H2,1H3. The molecule has 2 saturated heterocycles. The van der Waals surface area contributed by atoms with Gasteiger partial charge < -0.3 is 9.80 Å². The second-order valence-corrected chi connectivity index (χ2v) is 9.30. The highest BCUT2D eigenvalue weighted by Crippen LogP contribution is 2.23. The van der Waals surface area contributed by atoms with Crippen LogP contribution in [-0.2, 0) is 4.79 Å². The van der Waals surface area contributed by atoms with E-state index in [9.17, 15) is 4.79 Å². The van der Waals surface area contributed by atoms with E-state index in [0.29, 0.717) is 18.4 Å². The molecule has 3 heterocycles. The molecule has 0 radical (unpaired) electrons. The topological polar surface area (TPSA) is 42.9 Å². The predicted molar refractivity (Wildman–Crippen MR) is 126 cm³/mol. The minimum absolute atomic E-state index is 0.292. The van der Waals surface area contributed by atoms with E-state index in [-0.39, 0.29) is 0 Å². The number of hydrogen-bond acceptors (Lipinski definition) is 5. The molecule has 0 aromatic carbocycles. The maximum Gasteiger partial charge on any atom is 0.240 e. The van der Waals surface area contributed by atoms with Crippen molar-refractivity contribution in [2.45, 2.75) is 45.4 Å². The van der Waals surface area contributed by atoms with Crippen molar-refractivity contribution in [3.05, 3.63) is 36.2 Å². The number of likely N-dealkylation sites (tertiary alicyclic amines) is 1. The first-order chi connectivity index (χ1) is 15.2. The van der Waals surface area contributed by atoms with Crippen molar-refractivity contribution in [3.63, 3.8) is 0 Å². The maximum absolute atomic E-state index is 13.0. The Hall–Kier alpha value is -1.92. The Kier molecular flexibility index (Phi) is 7.97. The van der Waals surface area contributed by atoms with Crippen molar-refractivity contribution >= 4 is 11.7 Å². The number of carbonyl (C=O) groups excluding carboxylic acids is 1. The number of rotatable bonds is 7. The number of carbonyl (C=O) groups is 1. The van der Waals surface area contributed by atoms with Crippen molar-refractivity contribution in [2.75, 3.05) is 63.8 Å². The van der Waals surface area contributed by atoms with Gasteiger partial charge in [0.05, 0.1) is 6.54 Å². The van der Waals surface area contributed by atoms with E-state index in [1.54, 1.807) is 0 Å². The SMILES string of the molecule is CCN(C(=O)CN1CCCC(CN2CCN(c3ccccn3)CC2)C1)C1=CCCCC1. The zero-order valence-corrected chi connectivity index (χ0v) is 19.2. The number of pyridine rings is 1. The molecule has 0 bridgehead atoms. The van der Waals surface area contributed by atoms with Gasteiger partial charge in [0.15, 0.2) is 0 Å². The molecule has 31 heavy (non-hydrogen) atoms. The third-order valence-electron chi connectivity index (χ3n) is 7.05. The Balaban J connectivity index is 1.23. The van der Waals surface area contributed by atoms with Crippen molar-refractivity contribution in [1.29, 1.82) is 0 Å². The fourth-order valence-electron chi connectivity index (χ4n) is 5.39. The lowest BCUT2D eigenvalue weighted by molar-refractivity contribution is -0.131. The molecule has 4 rings (SSSR count). The number of hydrogen-bond donors (Lipinski definition) is 0. The van der Waals surface area contributed by atoms with Crippen molar-refractivity contribution in [1.82, 2.24) is 19.7 Å². The zero-order chi connectivity index (χ0) is 21.5. The van der Waals surface area contributed by atoms with E-state index >= 15 is 0 Å². The smallest absolute Gasteiger partial charge is 0.240 e. The molecule has 2 aliphatic heterocycles. The van der Waals surface area contributed by atoms with E-state index < -0.39 is 0 Å². The summed E-state index contributed by atoms with van der Waals surface area (Å²) >= 11 is 0. The number of nitrogens with zero attached hydrogens (tertiary/aromatic N) is 5. The fraction of sp³-hybridized carbons (Fsp3) is 0.680. The summed E-state index contributed by atoms with van der Waals surface area (Å²) in [6, 6.07) is 6.15. The quantitative estimate of drug-likeness (QED) is 0.671. The molecule has 1 unspecified atom stereocenters. The molecule has 0 saturated carbocycles. The van der Waals surface area contributed by atoms with Crippen molar-refractivity contribution in [3.8, 4) is 0 Å². The Morgan fingerprint density at radius 3 is 2.68 bits per heavy atom. The van der Waals surface area contributed by atoms with Gasteiger partial charge in [-0.05, 0) is 70.0 Å². The molecule has 6 heteroatoms. The van der Waals surface area contributed by atoms with Crippen LogP contribution in [0.4, 0.5) is 5.82 Å². The lowest BCUT2D eigenvalue weighted by atomic mass is 9.97. The van der Waals surface area contributed by atoms with Crippen LogP contribution in [0.2, 0.25) is 0 Å². The highest BCUT2D eigenvalue weighted by atomic mass is 16.2. The third kappa shape index (κ3) is 6.07. The van der Waals surface area contributed by atoms with E-state index in [1.807, 2.05) is 17.2 Å². The van der Waals surface area contributed by atoms with Crippen LogP contribution in [0.25, 0.3) is 0 Å². The highest BCUT2D eigenvalue weighted by molar-refractivity contribution is 5.80. The first-order valence-electron chi connectivity index (χ1n) is 12.3. The summed E-state index contributed by atoms with van der Waals surface area (Å²) in [7, 11) is 0. The minimum Gasteiger partial charge on any atom is -0.354 e. The highest BCUT2D eigenvalue weighted by Gasteiger charge is 2.27. The van der Waals surface area contributed by atoms with E-state index in [1.165, 1.54) is 31.4 Å². The van der Waals surface area contributed by atoms with Crippen LogP contribution in [0.1, 0.15) is 45.4 Å². The van der Waals surface area contributed by atoms with Crippen LogP contribution in [-0.4, -0.2) is 84.5 Å². The Labute approximate surface area is 187 Å². The normalized spacial score (nSPS) is 23.5. The lowest BCUT2D eigenvalue weighted by Gasteiger charge is -2.40. The molecule has 0 N–H and O–H groups in total. The van der Waals surface area contributed by atoms with Gasteiger partial charge in [0.25, 0.3) is 0 Å². The zero-order valence-electron chi connectivity index (χ0n) is 19.2. The van der Waals surface area contributed by atoms with Gasteiger partial charge in [0.1, 0.15) is 5.82 Å². The van der Waals surface area contributed by atoms with Crippen LogP contribution in [0.3, 0.4) is 0 Å². The number of anilines is 1. The lowest BCUT2D eigenvalue weighted by Crippen LogP contribution is -2.50. The number of piperidine rings is 1. The van der Waals surface area contributed by atoms with Crippen LogP contribution in [0.5, 0.6) is 0 Å². The first kappa shape index (κ1) is 22.3. The van der Waals surface area contributed by atoms with Crippen LogP contribution >= 0.6 is 0 Å². The average molecular weight is 426 g/mol. The number of amides is 1. The van der Waals surface area contributed by atoms with Gasteiger partial charge in [0.2, 0.25) is 5.91 Å². The number of likely N-dealkylation sites (N-methyl/N-ethyl adjacent to an activating group) is 1. The van der Waals surface area contributed by atoms with E-state index in [0.717, 1.165) is 71.0 Å². The summed E-state index contributed by atoms with van der Waals surface area (Å²) in [6.45, 7) is 11.1. The molecule has 0 spiro atoms. The number of aromatic nitrogens is 1. The van der Waals surface area contributed by atoms with E-state index in [2.05, 4.69) is 44.8 Å². The van der Waals surface area contributed by atoms with Crippen LogP contribution in [0, 0.1) is 5.92 Å². The Morgan fingerprint density at radius 2 is 1.97 bits per heavy atom. The van der Waals surface area contributed by atoms with Gasteiger partial charge >= 0.3 is 0 Å². The average Bonchev–Trinajstić information content (AvgIpc) is 2.82. The Bertz CT molecular complexity index is 729. The minimum atomic E-state index is 0.292. The van der Waals surface area contributed by atoms with Crippen molar-refractivity contribution < 1.29 is 4.79 Å². The largest absolute Gasteiger partial charge is 0.354 e. The van der Waals surface area contributed by atoms with Crippen LogP contribution in [0.15, 0.2) is 36.2 Å².